The molecule has 0 saturated carbocycles. The molecule has 0 aliphatic carbocycles. The van der Waals surface area contributed by atoms with Gasteiger partial charge in [-0.05, 0) is 27.1 Å². The Morgan fingerprint density at radius 2 is 2.11 bits per heavy atom. The third-order valence-electron chi connectivity index (χ3n) is 2.67. The summed E-state index contributed by atoms with van der Waals surface area (Å²) in [6.07, 6.45) is 0. The number of ether oxygens (including phenoxy) is 1. The van der Waals surface area contributed by atoms with Gasteiger partial charge in [-0.1, -0.05) is 11.6 Å². The molecule has 1 rings (SSSR count). The third-order valence-corrected chi connectivity index (χ3v) is 3.06. The molecular weight excluding hydrogens is 256 g/mol. The topological polar surface area (TPSA) is 51.5 Å². The number of halogens is 1. The summed E-state index contributed by atoms with van der Waals surface area (Å²) in [5.41, 5.74) is 0.244. The molecule has 0 saturated heterocycles. The molecule has 0 radical (unpaired) electrons. The van der Waals surface area contributed by atoms with E-state index >= 15 is 0 Å². The SMILES string of the molecule is COC(=O)c1cc(Cl)c(C)n(CCN(C)C)c1=O. The summed E-state index contributed by atoms with van der Waals surface area (Å²) in [6, 6.07) is 1.36. The average molecular weight is 273 g/mol. The summed E-state index contributed by atoms with van der Waals surface area (Å²) in [4.78, 5) is 25.6. The largest absolute Gasteiger partial charge is 0.465 e. The third kappa shape index (κ3) is 3.11. The molecule has 1 heterocycles. The number of aromatic nitrogens is 1. The van der Waals surface area contributed by atoms with Gasteiger partial charge in [0.15, 0.2) is 0 Å². The van der Waals surface area contributed by atoms with E-state index in [0.29, 0.717) is 23.8 Å². The van der Waals surface area contributed by atoms with Crippen LogP contribution in [0.4, 0.5) is 0 Å². The number of rotatable bonds is 4. The minimum Gasteiger partial charge on any atom is -0.465 e. The highest BCUT2D eigenvalue weighted by Crippen LogP contribution is 2.14. The second kappa shape index (κ2) is 6.02. The maximum absolute atomic E-state index is 12.1. The normalized spacial score (nSPS) is 10.8. The lowest BCUT2D eigenvalue weighted by molar-refractivity contribution is 0.0598. The van der Waals surface area contributed by atoms with Gasteiger partial charge in [0.1, 0.15) is 5.56 Å². The molecule has 0 atom stereocenters. The van der Waals surface area contributed by atoms with Crippen LogP contribution in [0, 0.1) is 6.92 Å². The van der Waals surface area contributed by atoms with Crippen molar-refractivity contribution in [1.82, 2.24) is 9.47 Å². The first-order valence-corrected chi connectivity index (χ1v) is 5.89. The van der Waals surface area contributed by atoms with Crippen LogP contribution in [0.2, 0.25) is 5.02 Å². The molecule has 0 aliphatic heterocycles. The summed E-state index contributed by atoms with van der Waals surface area (Å²) < 4.78 is 6.07. The monoisotopic (exact) mass is 272 g/mol. The van der Waals surface area contributed by atoms with Gasteiger partial charge >= 0.3 is 5.97 Å². The van der Waals surface area contributed by atoms with Crippen LogP contribution in [-0.2, 0) is 11.3 Å². The highest BCUT2D eigenvalue weighted by Gasteiger charge is 2.16. The van der Waals surface area contributed by atoms with E-state index in [-0.39, 0.29) is 11.1 Å². The van der Waals surface area contributed by atoms with Crippen molar-refractivity contribution < 1.29 is 9.53 Å². The van der Waals surface area contributed by atoms with Gasteiger partial charge in [0.2, 0.25) is 0 Å². The lowest BCUT2D eigenvalue weighted by atomic mass is 10.2. The first kappa shape index (κ1) is 14.7. The molecule has 0 bridgehead atoms. The predicted molar refractivity (Wildman–Crippen MR) is 70.3 cm³/mol. The molecule has 5 nitrogen and oxygen atoms in total. The van der Waals surface area contributed by atoms with Crippen molar-refractivity contribution in [1.29, 1.82) is 0 Å². The molecule has 1 aromatic rings. The Morgan fingerprint density at radius 1 is 1.50 bits per heavy atom. The molecule has 0 N–H and O–H groups in total. The zero-order valence-corrected chi connectivity index (χ0v) is 11.7. The Hall–Kier alpha value is -1.33. The Morgan fingerprint density at radius 3 is 2.61 bits per heavy atom. The molecule has 100 valence electrons. The van der Waals surface area contributed by atoms with Gasteiger partial charge in [-0.2, -0.15) is 0 Å². The van der Waals surface area contributed by atoms with Crippen LogP contribution in [0.3, 0.4) is 0 Å². The lowest BCUT2D eigenvalue weighted by Gasteiger charge is -2.15. The predicted octanol–water partition coefficient (Wildman–Crippen LogP) is 1.16. The Labute approximate surface area is 111 Å². The summed E-state index contributed by atoms with van der Waals surface area (Å²) in [5.74, 6) is -0.666. The van der Waals surface area contributed by atoms with Crippen molar-refractivity contribution in [3.63, 3.8) is 0 Å². The number of pyridine rings is 1. The Balaban J connectivity index is 3.27. The molecule has 0 spiro atoms. The van der Waals surface area contributed by atoms with Crippen molar-refractivity contribution in [2.75, 3.05) is 27.7 Å². The molecule has 0 unspecified atom stereocenters. The van der Waals surface area contributed by atoms with E-state index < -0.39 is 5.97 Å². The average Bonchev–Trinajstić information content (AvgIpc) is 2.32. The molecule has 0 aromatic carbocycles. The number of esters is 1. The molecular formula is C12H17ClN2O3. The van der Waals surface area contributed by atoms with E-state index in [1.165, 1.54) is 17.7 Å². The van der Waals surface area contributed by atoms with Crippen LogP contribution in [0.1, 0.15) is 16.1 Å². The van der Waals surface area contributed by atoms with Crippen LogP contribution < -0.4 is 5.56 Å². The number of hydrogen-bond donors (Lipinski definition) is 0. The van der Waals surface area contributed by atoms with Crippen LogP contribution in [0.15, 0.2) is 10.9 Å². The van der Waals surface area contributed by atoms with Crippen molar-refractivity contribution in [2.24, 2.45) is 0 Å². The zero-order valence-electron chi connectivity index (χ0n) is 11.0. The van der Waals surface area contributed by atoms with E-state index in [9.17, 15) is 9.59 Å². The van der Waals surface area contributed by atoms with Crippen molar-refractivity contribution in [3.8, 4) is 0 Å². The highest BCUT2D eigenvalue weighted by molar-refractivity contribution is 6.31. The number of hydrogen-bond acceptors (Lipinski definition) is 4. The summed E-state index contributed by atoms with van der Waals surface area (Å²) in [7, 11) is 5.05. The van der Waals surface area contributed by atoms with Gasteiger partial charge in [0.25, 0.3) is 5.56 Å². The van der Waals surface area contributed by atoms with Crippen LogP contribution in [0.25, 0.3) is 0 Å². The van der Waals surface area contributed by atoms with Gasteiger partial charge in [0, 0.05) is 18.8 Å². The van der Waals surface area contributed by atoms with E-state index in [4.69, 9.17) is 11.6 Å². The van der Waals surface area contributed by atoms with Crippen molar-refractivity contribution >= 4 is 17.6 Å². The van der Waals surface area contributed by atoms with E-state index in [0.717, 1.165) is 0 Å². The fourth-order valence-corrected chi connectivity index (χ4v) is 1.76. The molecule has 18 heavy (non-hydrogen) atoms. The quantitative estimate of drug-likeness (QED) is 0.772. The first-order chi connectivity index (χ1) is 8.38. The lowest BCUT2D eigenvalue weighted by Crippen LogP contribution is -2.32. The number of carbonyl (C=O) groups excluding carboxylic acids is 1. The second-order valence-corrected chi connectivity index (χ2v) is 4.65. The summed E-state index contributed by atoms with van der Waals surface area (Å²) in [6.45, 7) is 2.91. The zero-order chi connectivity index (χ0) is 13.9. The molecule has 1 aromatic heterocycles. The maximum atomic E-state index is 12.1. The summed E-state index contributed by atoms with van der Waals surface area (Å²) in [5, 5.41) is 0.383. The standard InChI is InChI=1S/C12H17ClN2O3/c1-8-10(13)7-9(12(17)18-4)11(16)15(8)6-5-14(2)3/h7H,5-6H2,1-4H3. The minimum absolute atomic E-state index is 0.0353. The summed E-state index contributed by atoms with van der Waals surface area (Å²) >= 11 is 6.03. The van der Waals surface area contributed by atoms with Gasteiger partial charge in [-0.25, -0.2) is 4.79 Å². The van der Waals surface area contributed by atoms with Crippen LogP contribution in [-0.4, -0.2) is 43.2 Å². The fourth-order valence-electron chi connectivity index (χ4n) is 1.54. The molecule has 0 fully saturated rings. The molecule has 6 heteroatoms. The van der Waals surface area contributed by atoms with Gasteiger partial charge in [0.05, 0.1) is 12.1 Å². The second-order valence-electron chi connectivity index (χ2n) is 4.24. The maximum Gasteiger partial charge on any atom is 0.343 e. The highest BCUT2D eigenvalue weighted by atomic mass is 35.5. The van der Waals surface area contributed by atoms with E-state index in [1.807, 2.05) is 19.0 Å². The molecule has 0 amide bonds. The Kier molecular flexibility index (Phi) is 4.93. The first-order valence-electron chi connectivity index (χ1n) is 5.51. The number of carbonyl (C=O) groups is 1. The molecule has 0 aliphatic rings. The van der Waals surface area contributed by atoms with Crippen LogP contribution >= 0.6 is 11.6 Å². The number of methoxy groups -OCH3 is 1. The number of nitrogens with zero attached hydrogens (tertiary/aromatic N) is 2. The van der Waals surface area contributed by atoms with Crippen LogP contribution in [0.5, 0.6) is 0 Å². The Bertz CT molecular complexity index is 509. The van der Waals surface area contributed by atoms with Crippen molar-refractivity contribution in [2.45, 2.75) is 13.5 Å². The minimum atomic E-state index is -0.666. The van der Waals surface area contributed by atoms with E-state index in [1.54, 1.807) is 6.92 Å². The smallest absolute Gasteiger partial charge is 0.343 e. The number of likely N-dealkylation sites (N-methyl/N-ethyl adjacent to an activating group) is 1. The van der Waals surface area contributed by atoms with Gasteiger partial charge in [-0.3, -0.25) is 4.79 Å². The van der Waals surface area contributed by atoms with Gasteiger partial charge < -0.3 is 14.2 Å². The van der Waals surface area contributed by atoms with Crippen molar-refractivity contribution in [3.05, 3.63) is 32.7 Å². The van der Waals surface area contributed by atoms with Gasteiger partial charge in [-0.15, -0.1) is 0 Å². The fraction of sp³-hybridized carbons (Fsp3) is 0.500. The van der Waals surface area contributed by atoms with E-state index in [2.05, 4.69) is 4.74 Å².